The lowest BCUT2D eigenvalue weighted by atomic mass is 9.93. The Morgan fingerprint density at radius 1 is 1.03 bits per heavy atom. The summed E-state index contributed by atoms with van der Waals surface area (Å²) in [6.45, 7) is 15.5. The Hall–Kier alpha value is -2.71. The molecule has 39 heavy (non-hydrogen) atoms. The third-order valence-electron chi connectivity index (χ3n) is 6.57. The van der Waals surface area contributed by atoms with Crippen molar-refractivity contribution in [3.63, 3.8) is 0 Å². The van der Waals surface area contributed by atoms with Crippen LogP contribution < -0.4 is 5.32 Å². The molecule has 0 aromatic heterocycles. The summed E-state index contributed by atoms with van der Waals surface area (Å²) in [4.78, 5) is 27.1. The van der Waals surface area contributed by atoms with Gasteiger partial charge in [0.05, 0.1) is 5.75 Å². The molecule has 218 valence electrons. The van der Waals surface area contributed by atoms with Crippen LogP contribution in [0.1, 0.15) is 81.8 Å². The minimum absolute atomic E-state index is 0.188. The van der Waals surface area contributed by atoms with Crippen molar-refractivity contribution in [3.05, 3.63) is 59.2 Å². The molecule has 1 saturated heterocycles. The Balaban J connectivity index is 0.000000975. The largest absolute Gasteiger partial charge is 0.480 e. The molecule has 0 radical (unpaired) electrons. The van der Waals surface area contributed by atoms with Gasteiger partial charge in [-0.3, -0.25) is 9.69 Å². The van der Waals surface area contributed by atoms with E-state index in [-0.39, 0.29) is 12.2 Å². The van der Waals surface area contributed by atoms with Crippen molar-refractivity contribution in [1.29, 1.82) is 0 Å². The molecule has 1 amide bonds. The maximum Gasteiger partial charge on any atom is 0.326 e. The van der Waals surface area contributed by atoms with Gasteiger partial charge in [0.25, 0.3) is 5.91 Å². The molecule has 1 atom stereocenters. The van der Waals surface area contributed by atoms with E-state index >= 15 is 0 Å². The highest BCUT2D eigenvalue weighted by atomic mass is 32.2. The molecule has 1 heterocycles. The van der Waals surface area contributed by atoms with Gasteiger partial charge in [-0.15, -0.1) is 0 Å². The number of hydrogen-bond donors (Lipinski definition) is 2. The molecule has 3 rings (SSSR count). The number of hydrogen-bond acceptors (Lipinski definition) is 5. The summed E-state index contributed by atoms with van der Waals surface area (Å²) >= 11 is 0. The van der Waals surface area contributed by atoms with Gasteiger partial charge in [0.1, 0.15) is 15.9 Å². The Morgan fingerprint density at radius 3 is 2.13 bits per heavy atom. The van der Waals surface area contributed by atoms with Crippen molar-refractivity contribution in [2.75, 3.05) is 25.1 Å². The van der Waals surface area contributed by atoms with Crippen LogP contribution in [0.5, 0.6) is 0 Å². The summed E-state index contributed by atoms with van der Waals surface area (Å²) in [5.74, 6) is -1.22. The molecule has 1 unspecified atom stereocenters. The van der Waals surface area contributed by atoms with Gasteiger partial charge in [-0.1, -0.05) is 71.4 Å². The van der Waals surface area contributed by atoms with Crippen LogP contribution in [0.15, 0.2) is 42.5 Å². The maximum absolute atomic E-state index is 13.1. The molecule has 1 aliphatic heterocycles. The van der Waals surface area contributed by atoms with E-state index in [1.54, 1.807) is 6.07 Å². The van der Waals surface area contributed by atoms with E-state index in [1.165, 1.54) is 19.3 Å². The number of aryl methyl sites for hydroxylation is 1. The topological polar surface area (TPSA) is 104 Å². The van der Waals surface area contributed by atoms with Gasteiger partial charge in [-0.25, -0.2) is 13.2 Å². The fourth-order valence-corrected chi connectivity index (χ4v) is 4.67. The first kappa shape index (κ1) is 34.3. The third kappa shape index (κ3) is 12.3. The molecule has 0 bridgehead atoms. The maximum atomic E-state index is 13.1. The van der Waals surface area contributed by atoms with Crippen LogP contribution in [0, 0.1) is 12.8 Å². The van der Waals surface area contributed by atoms with Crippen molar-refractivity contribution < 1.29 is 23.1 Å². The highest BCUT2D eigenvalue weighted by Crippen LogP contribution is 2.29. The first-order chi connectivity index (χ1) is 18.4. The normalized spacial score (nSPS) is 14.1. The lowest BCUT2D eigenvalue weighted by Crippen LogP contribution is -2.42. The predicted octanol–water partition coefficient (Wildman–Crippen LogP) is 5.95. The number of benzene rings is 2. The predicted molar refractivity (Wildman–Crippen MR) is 161 cm³/mol. The Kier molecular flexibility index (Phi) is 15.0. The van der Waals surface area contributed by atoms with Gasteiger partial charge in [0.2, 0.25) is 0 Å². The van der Waals surface area contributed by atoms with Crippen LogP contribution in [-0.4, -0.2) is 61.4 Å². The summed E-state index contributed by atoms with van der Waals surface area (Å²) in [5.41, 5.74) is 4.11. The fourth-order valence-electron chi connectivity index (χ4n) is 4.01. The second kappa shape index (κ2) is 17.1. The highest BCUT2D eigenvalue weighted by Gasteiger charge is 2.24. The van der Waals surface area contributed by atoms with Gasteiger partial charge in [0, 0.05) is 18.4 Å². The average Bonchev–Trinajstić information content (AvgIpc) is 3.40. The summed E-state index contributed by atoms with van der Waals surface area (Å²) < 4.78 is 22.9. The number of amides is 1. The highest BCUT2D eigenvalue weighted by molar-refractivity contribution is 7.90. The number of rotatable bonds is 10. The molecule has 0 aliphatic carbocycles. The van der Waals surface area contributed by atoms with Crippen LogP contribution in [0.2, 0.25) is 0 Å². The van der Waals surface area contributed by atoms with E-state index in [4.69, 9.17) is 0 Å². The number of sulfone groups is 1. The molecule has 1 aliphatic rings. The molecule has 0 spiro atoms. The van der Waals surface area contributed by atoms with Gasteiger partial charge in [-0.05, 0) is 79.6 Å². The monoisotopic (exact) mass is 560 g/mol. The van der Waals surface area contributed by atoms with Crippen molar-refractivity contribution in [2.45, 2.75) is 79.8 Å². The number of aliphatic carboxylic acids is 1. The van der Waals surface area contributed by atoms with E-state index in [0.717, 1.165) is 54.1 Å². The number of nitrogens with zero attached hydrogens (tertiary/aromatic N) is 1. The van der Waals surface area contributed by atoms with Gasteiger partial charge in [-0.2, -0.15) is 0 Å². The van der Waals surface area contributed by atoms with Crippen LogP contribution >= 0.6 is 0 Å². The summed E-state index contributed by atoms with van der Waals surface area (Å²) in [6, 6.07) is 12.1. The minimum atomic E-state index is -3.35. The molecule has 2 aromatic rings. The molecule has 8 heteroatoms. The van der Waals surface area contributed by atoms with Crippen LogP contribution in [-0.2, 0) is 21.2 Å². The Labute approximate surface area is 235 Å². The number of nitrogens with one attached hydrogen (secondary N) is 1. The van der Waals surface area contributed by atoms with Crippen molar-refractivity contribution in [2.24, 2.45) is 5.92 Å². The molecule has 1 fully saturated rings. The number of carboxylic acids is 1. The van der Waals surface area contributed by atoms with Gasteiger partial charge in [0.15, 0.2) is 0 Å². The van der Waals surface area contributed by atoms with Crippen molar-refractivity contribution >= 4 is 21.7 Å². The van der Waals surface area contributed by atoms with Crippen LogP contribution in [0.3, 0.4) is 0 Å². The smallest absolute Gasteiger partial charge is 0.326 e. The van der Waals surface area contributed by atoms with Crippen LogP contribution in [0.4, 0.5) is 0 Å². The van der Waals surface area contributed by atoms with Gasteiger partial charge < -0.3 is 10.4 Å². The quantitative estimate of drug-likeness (QED) is 0.372. The molecular weight excluding hydrogens is 512 g/mol. The number of carbonyl (C=O) groups excluding carboxylic acids is 1. The zero-order chi connectivity index (χ0) is 29.6. The third-order valence-corrected chi connectivity index (χ3v) is 7.54. The molecule has 2 N–H and O–H groups in total. The SMILES string of the molecule is CC.CCC(C)C.Cc1ccccc1-c1cc(CN2CCCC2)ccc1C(=O)NC(CCS(C)(=O)=O)C(=O)O. The average molecular weight is 561 g/mol. The summed E-state index contributed by atoms with van der Waals surface area (Å²) in [5, 5.41) is 12.0. The van der Waals surface area contributed by atoms with E-state index < -0.39 is 27.8 Å². The molecule has 7 nitrogen and oxygen atoms in total. The van der Waals surface area contributed by atoms with Crippen molar-refractivity contribution in [3.8, 4) is 11.1 Å². The Bertz CT molecular complexity index is 1160. The standard InChI is InChI=1S/C24H30N2O5S.C5H12.C2H6/c1-17-7-3-4-8-19(17)21-15-18(16-26-12-5-6-13-26)9-10-20(21)23(27)25-22(24(28)29)11-14-32(2,30)31;1-4-5(2)3;1-2/h3-4,7-10,15,22H,5-6,11-14,16H2,1-2H3,(H,25,27)(H,28,29);5H,4H2,1-3H3;1-2H3. The Morgan fingerprint density at radius 2 is 1.62 bits per heavy atom. The number of carbonyl (C=O) groups is 2. The van der Waals surface area contributed by atoms with Gasteiger partial charge >= 0.3 is 5.97 Å². The number of carboxylic acid groups (broad SMARTS) is 1. The van der Waals surface area contributed by atoms with Crippen LogP contribution in [0.25, 0.3) is 11.1 Å². The van der Waals surface area contributed by atoms with E-state index in [0.29, 0.717) is 5.56 Å². The first-order valence-electron chi connectivity index (χ1n) is 14.0. The zero-order valence-electron chi connectivity index (χ0n) is 24.8. The second-order valence-electron chi connectivity index (χ2n) is 10.3. The summed E-state index contributed by atoms with van der Waals surface area (Å²) in [6.07, 6.45) is 4.54. The lowest BCUT2D eigenvalue weighted by molar-refractivity contribution is -0.139. The fraction of sp³-hybridized carbons (Fsp3) is 0.548. The zero-order valence-corrected chi connectivity index (χ0v) is 25.6. The summed E-state index contributed by atoms with van der Waals surface area (Å²) in [7, 11) is -3.35. The molecular formula is C31H48N2O5S. The minimum Gasteiger partial charge on any atom is -0.480 e. The number of likely N-dealkylation sites (tertiary alicyclic amines) is 1. The lowest BCUT2D eigenvalue weighted by Gasteiger charge is -2.19. The van der Waals surface area contributed by atoms with Crippen molar-refractivity contribution in [1.82, 2.24) is 10.2 Å². The second-order valence-corrected chi connectivity index (χ2v) is 12.5. The van der Waals surface area contributed by atoms with E-state index in [9.17, 15) is 23.1 Å². The van der Waals surface area contributed by atoms with E-state index in [1.807, 2.05) is 57.2 Å². The molecule has 0 saturated carbocycles. The van der Waals surface area contributed by atoms with E-state index in [2.05, 4.69) is 31.0 Å². The molecule has 2 aromatic carbocycles. The first-order valence-corrected chi connectivity index (χ1v) is 16.1.